The Kier molecular flexibility index (Phi) is 9.11. The lowest BCUT2D eigenvalue weighted by Crippen LogP contribution is -2.49. The summed E-state index contributed by atoms with van der Waals surface area (Å²) in [5.41, 5.74) is 1.71. The van der Waals surface area contributed by atoms with Crippen molar-refractivity contribution in [3.8, 4) is 5.75 Å². The minimum absolute atomic E-state index is 0.130. The molecule has 0 N–H and O–H groups in total. The first kappa shape index (κ1) is 25.9. The molecule has 9 heteroatoms. The molecule has 1 aliphatic rings. The van der Waals surface area contributed by atoms with E-state index in [0.717, 1.165) is 41.7 Å². The van der Waals surface area contributed by atoms with Crippen molar-refractivity contribution in [3.05, 3.63) is 65.7 Å². The van der Waals surface area contributed by atoms with Crippen molar-refractivity contribution in [2.75, 3.05) is 56.2 Å². The SMILES string of the molecule is CCCCN(CCC(=O)N1CCN(c2ccccc2F)CC1)c1nc(Cc2cccc(OC)c2)ns1. The van der Waals surface area contributed by atoms with Crippen molar-refractivity contribution >= 4 is 28.3 Å². The quantitative estimate of drug-likeness (QED) is 0.374. The number of hydrogen-bond acceptors (Lipinski definition) is 7. The average molecular weight is 512 g/mol. The van der Waals surface area contributed by atoms with Gasteiger partial charge in [0.15, 0.2) is 0 Å². The first-order valence-corrected chi connectivity index (χ1v) is 13.3. The highest BCUT2D eigenvalue weighted by Crippen LogP contribution is 2.23. The van der Waals surface area contributed by atoms with E-state index in [1.807, 2.05) is 40.1 Å². The molecule has 0 unspecified atom stereocenters. The number of rotatable bonds is 11. The van der Waals surface area contributed by atoms with Gasteiger partial charge in [0.1, 0.15) is 17.4 Å². The summed E-state index contributed by atoms with van der Waals surface area (Å²) in [7, 11) is 1.66. The Morgan fingerprint density at radius 1 is 1.11 bits per heavy atom. The molecule has 2 aromatic carbocycles. The lowest BCUT2D eigenvalue weighted by Gasteiger charge is -2.36. The fraction of sp³-hybridized carbons (Fsp3) is 0.444. The number of piperazine rings is 1. The second-order valence-electron chi connectivity index (χ2n) is 8.93. The van der Waals surface area contributed by atoms with E-state index in [4.69, 9.17) is 9.72 Å². The summed E-state index contributed by atoms with van der Waals surface area (Å²) in [5.74, 6) is 1.51. The Morgan fingerprint density at radius 3 is 2.67 bits per heavy atom. The first-order chi connectivity index (χ1) is 17.6. The molecule has 1 amide bonds. The zero-order valence-corrected chi connectivity index (χ0v) is 21.8. The second-order valence-corrected chi connectivity index (χ2v) is 9.66. The van der Waals surface area contributed by atoms with Crippen LogP contribution in [0.5, 0.6) is 5.75 Å². The summed E-state index contributed by atoms with van der Waals surface area (Å²) in [5, 5.41) is 0.860. The number of anilines is 2. The van der Waals surface area contributed by atoms with E-state index in [-0.39, 0.29) is 11.7 Å². The number of hydrogen-bond donors (Lipinski definition) is 0. The van der Waals surface area contributed by atoms with E-state index >= 15 is 0 Å². The molecule has 0 radical (unpaired) electrons. The summed E-state index contributed by atoms with van der Waals surface area (Å²) < 4.78 is 24.0. The molecule has 192 valence electrons. The zero-order valence-electron chi connectivity index (χ0n) is 21.0. The number of methoxy groups -OCH3 is 1. The monoisotopic (exact) mass is 511 g/mol. The highest BCUT2D eigenvalue weighted by molar-refractivity contribution is 7.09. The van der Waals surface area contributed by atoms with Crippen LogP contribution in [0.1, 0.15) is 37.6 Å². The predicted molar refractivity (Wildman–Crippen MR) is 143 cm³/mol. The van der Waals surface area contributed by atoms with Crippen molar-refractivity contribution in [3.63, 3.8) is 0 Å². The van der Waals surface area contributed by atoms with Crippen LogP contribution in [0.4, 0.5) is 15.2 Å². The summed E-state index contributed by atoms with van der Waals surface area (Å²) in [6.07, 6.45) is 3.16. The summed E-state index contributed by atoms with van der Waals surface area (Å²) in [6, 6.07) is 14.8. The standard InChI is InChI=1S/C27H34FN5O2S/c1-3-4-13-33(27-29-25(30-36-27)20-21-8-7-9-22(19-21)35-2)14-12-26(34)32-17-15-31(16-18-32)24-11-6-5-10-23(24)28/h5-11,19H,3-4,12-18,20H2,1-2H3. The minimum Gasteiger partial charge on any atom is -0.497 e. The van der Waals surface area contributed by atoms with Crippen LogP contribution >= 0.6 is 11.5 Å². The topological polar surface area (TPSA) is 61.8 Å². The van der Waals surface area contributed by atoms with Crippen LogP contribution in [0.3, 0.4) is 0 Å². The van der Waals surface area contributed by atoms with Crippen LogP contribution in [0.25, 0.3) is 0 Å². The third-order valence-corrected chi connectivity index (χ3v) is 7.24. The molecule has 1 aromatic heterocycles. The van der Waals surface area contributed by atoms with Crippen molar-refractivity contribution in [1.82, 2.24) is 14.3 Å². The molecule has 1 aliphatic heterocycles. The molecule has 4 rings (SSSR count). The number of ether oxygens (including phenoxy) is 1. The highest BCUT2D eigenvalue weighted by atomic mass is 32.1. The summed E-state index contributed by atoms with van der Waals surface area (Å²) in [4.78, 5) is 23.9. The van der Waals surface area contributed by atoms with E-state index < -0.39 is 0 Å². The van der Waals surface area contributed by atoms with Gasteiger partial charge in [0.25, 0.3) is 0 Å². The Hall–Kier alpha value is -3.20. The Labute approximate surface area is 216 Å². The van der Waals surface area contributed by atoms with Gasteiger partial charge >= 0.3 is 0 Å². The number of unbranched alkanes of at least 4 members (excludes halogenated alkanes) is 1. The second kappa shape index (κ2) is 12.7. The number of amides is 1. The van der Waals surface area contributed by atoms with Gasteiger partial charge in [0.05, 0.1) is 12.8 Å². The largest absolute Gasteiger partial charge is 0.497 e. The number of carbonyl (C=O) groups excluding carboxylic acids is 1. The third kappa shape index (κ3) is 6.72. The van der Waals surface area contributed by atoms with E-state index in [1.165, 1.54) is 17.6 Å². The fourth-order valence-electron chi connectivity index (χ4n) is 4.36. The van der Waals surface area contributed by atoms with Crippen LogP contribution < -0.4 is 14.5 Å². The maximum atomic E-state index is 14.1. The number of halogens is 1. The van der Waals surface area contributed by atoms with Crippen LogP contribution in [0.15, 0.2) is 48.5 Å². The Morgan fingerprint density at radius 2 is 1.92 bits per heavy atom. The van der Waals surface area contributed by atoms with Crippen molar-refractivity contribution in [1.29, 1.82) is 0 Å². The van der Waals surface area contributed by atoms with Gasteiger partial charge in [0.2, 0.25) is 11.0 Å². The number of carbonyl (C=O) groups is 1. The lowest BCUT2D eigenvalue weighted by atomic mass is 10.1. The fourth-order valence-corrected chi connectivity index (χ4v) is 5.09. The van der Waals surface area contributed by atoms with Crippen LogP contribution in [0, 0.1) is 5.82 Å². The molecular formula is C27H34FN5O2S. The maximum Gasteiger partial charge on any atom is 0.224 e. The number of aromatic nitrogens is 2. The first-order valence-electron chi connectivity index (χ1n) is 12.5. The zero-order chi connectivity index (χ0) is 25.3. The van der Waals surface area contributed by atoms with Crippen molar-refractivity contribution in [2.45, 2.75) is 32.6 Å². The molecule has 1 saturated heterocycles. The van der Waals surface area contributed by atoms with E-state index in [9.17, 15) is 9.18 Å². The average Bonchev–Trinajstić information content (AvgIpc) is 3.37. The highest BCUT2D eigenvalue weighted by Gasteiger charge is 2.23. The Balaban J connectivity index is 1.32. The molecule has 7 nitrogen and oxygen atoms in total. The van der Waals surface area contributed by atoms with Gasteiger partial charge in [-0.2, -0.15) is 4.37 Å². The van der Waals surface area contributed by atoms with Crippen molar-refractivity contribution < 1.29 is 13.9 Å². The predicted octanol–water partition coefficient (Wildman–Crippen LogP) is 4.62. The maximum absolute atomic E-state index is 14.1. The van der Waals surface area contributed by atoms with Gasteiger partial charge in [-0.25, -0.2) is 9.37 Å². The van der Waals surface area contributed by atoms with Gasteiger partial charge < -0.3 is 19.4 Å². The normalized spacial score (nSPS) is 13.6. The summed E-state index contributed by atoms with van der Waals surface area (Å²) in [6.45, 7) is 6.09. The van der Waals surface area contributed by atoms with Crippen molar-refractivity contribution in [2.24, 2.45) is 0 Å². The van der Waals surface area contributed by atoms with Crippen LogP contribution in [-0.4, -0.2) is 66.5 Å². The molecule has 1 fully saturated rings. The molecule has 0 bridgehead atoms. The smallest absolute Gasteiger partial charge is 0.224 e. The molecule has 0 saturated carbocycles. The third-order valence-electron chi connectivity index (χ3n) is 6.43. The number of para-hydroxylation sites is 1. The van der Waals surface area contributed by atoms with Gasteiger partial charge in [-0.15, -0.1) is 0 Å². The van der Waals surface area contributed by atoms with Crippen LogP contribution in [-0.2, 0) is 11.2 Å². The minimum atomic E-state index is -0.216. The molecule has 0 aliphatic carbocycles. The lowest BCUT2D eigenvalue weighted by molar-refractivity contribution is -0.131. The van der Waals surface area contributed by atoms with E-state index in [2.05, 4.69) is 16.2 Å². The van der Waals surface area contributed by atoms with Gasteiger partial charge in [-0.05, 0) is 36.2 Å². The molecule has 0 spiro atoms. The summed E-state index contributed by atoms with van der Waals surface area (Å²) >= 11 is 1.39. The number of nitrogens with zero attached hydrogens (tertiary/aromatic N) is 5. The Bertz CT molecular complexity index is 1130. The van der Waals surface area contributed by atoms with Gasteiger partial charge in [-0.1, -0.05) is 37.6 Å². The van der Waals surface area contributed by atoms with Crippen LogP contribution in [0.2, 0.25) is 0 Å². The molecular weight excluding hydrogens is 477 g/mol. The molecule has 36 heavy (non-hydrogen) atoms. The molecule has 3 aromatic rings. The number of benzene rings is 2. The van der Waals surface area contributed by atoms with Gasteiger partial charge in [0, 0.05) is 63.6 Å². The van der Waals surface area contributed by atoms with Gasteiger partial charge in [-0.3, -0.25) is 4.79 Å². The van der Waals surface area contributed by atoms with E-state index in [0.29, 0.717) is 51.3 Å². The molecule has 2 heterocycles. The van der Waals surface area contributed by atoms with E-state index in [1.54, 1.807) is 19.2 Å². The molecule has 0 atom stereocenters.